The molecule has 0 fully saturated rings. The van der Waals surface area contributed by atoms with Gasteiger partial charge in [0, 0.05) is 18.7 Å². The summed E-state index contributed by atoms with van der Waals surface area (Å²) in [5.41, 5.74) is 2.73. The fourth-order valence-corrected chi connectivity index (χ4v) is 1.75. The van der Waals surface area contributed by atoms with Crippen molar-refractivity contribution in [1.82, 2.24) is 15.1 Å². The summed E-state index contributed by atoms with van der Waals surface area (Å²) in [7, 11) is 1.99. The van der Waals surface area contributed by atoms with Crippen molar-refractivity contribution in [2.24, 2.45) is 7.05 Å². The van der Waals surface area contributed by atoms with Crippen LogP contribution in [-0.2, 0) is 18.9 Å². The molecule has 86 valence electrons. The molecule has 3 nitrogen and oxygen atoms in total. The third-order valence-corrected chi connectivity index (χ3v) is 2.44. The number of rotatable bonds is 4. The predicted molar refractivity (Wildman–Crippen MR) is 64.2 cm³/mol. The first-order valence-electron chi connectivity index (χ1n) is 5.69. The highest BCUT2D eigenvalue weighted by Gasteiger charge is 2.21. The van der Waals surface area contributed by atoms with Crippen molar-refractivity contribution < 1.29 is 0 Å². The number of hydrogen-bond acceptors (Lipinski definition) is 2. The van der Waals surface area contributed by atoms with E-state index in [1.165, 1.54) is 11.3 Å². The first-order chi connectivity index (χ1) is 6.95. The maximum absolute atomic E-state index is 4.55. The fourth-order valence-electron chi connectivity index (χ4n) is 1.75. The molecule has 0 unspecified atom stereocenters. The molecule has 0 aliphatic carbocycles. The van der Waals surface area contributed by atoms with Crippen LogP contribution in [0.4, 0.5) is 0 Å². The second kappa shape index (κ2) is 4.79. The van der Waals surface area contributed by atoms with E-state index < -0.39 is 0 Å². The highest BCUT2D eigenvalue weighted by atomic mass is 15.3. The number of hydrogen-bond donors (Lipinski definition) is 1. The van der Waals surface area contributed by atoms with E-state index in [-0.39, 0.29) is 5.41 Å². The molecule has 1 N–H and O–H groups in total. The van der Waals surface area contributed by atoms with E-state index in [0.29, 0.717) is 0 Å². The third kappa shape index (κ3) is 3.34. The van der Waals surface area contributed by atoms with Gasteiger partial charge in [-0.3, -0.25) is 4.68 Å². The lowest BCUT2D eigenvalue weighted by Crippen LogP contribution is -2.19. The molecule has 0 saturated heterocycles. The van der Waals surface area contributed by atoms with E-state index in [9.17, 15) is 0 Å². The van der Waals surface area contributed by atoms with Gasteiger partial charge in [-0.15, -0.1) is 0 Å². The Hall–Kier alpha value is -0.830. The highest BCUT2D eigenvalue weighted by molar-refractivity contribution is 5.24. The van der Waals surface area contributed by atoms with E-state index in [1.54, 1.807) is 0 Å². The van der Waals surface area contributed by atoms with Crippen molar-refractivity contribution in [2.75, 3.05) is 13.1 Å². The van der Waals surface area contributed by atoms with E-state index in [4.69, 9.17) is 0 Å². The van der Waals surface area contributed by atoms with Gasteiger partial charge in [-0.1, -0.05) is 27.7 Å². The van der Waals surface area contributed by atoms with E-state index in [2.05, 4.69) is 44.3 Å². The number of nitrogens with one attached hydrogen (secondary N) is 1. The SMILES string of the molecule is CCNCCc1cn(C)nc1C(C)(C)C. The average Bonchev–Trinajstić information content (AvgIpc) is 2.47. The zero-order chi connectivity index (χ0) is 11.5. The molecule has 1 aromatic rings. The molecule has 0 atom stereocenters. The molecule has 1 heterocycles. The Balaban J connectivity index is 2.78. The number of aryl methyl sites for hydroxylation is 1. The van der Waals surface area contributed by atoms with Gasteiger partial charge in [0.25, 0.3) is 0 Å². The zero-order valence-corrected chi connectivity index (χ0v) is 10.6. The van der Waals surface area contributed by atoms with Crippen molar-refractivity contribution in [3.8, 4) is 0 Å². The first kappa shape index (κ1) is 12.2. The summed E-state index contributed by atoms with van der Waals surface area (Å²) in [5.74, 6) is 0. The highest BCUT2D eigenvalue weighted by Crippen LogP contribution is 2.24. The quantitative estimate of drug-likeness (QED) is 0.767. The van der Waals surface area contributed by atoms with Gasteiger partial charge in [0.05, 0.1) is 5.69 Å². The van der Waals surface area contributed by atoms with Crippen molar-refractivity contribution in [2.45, 2.75) is 39.5 Å². The van der Waals surface area contributed by atoms with Gasteiger partial charge in [0.15, 0.2) is 0 Å². The second-order valence-electron chi connectivity index (χ2n) is 5.03. The lowest BCUT2D eigenvalue weighted by Gasteiger charge is -2.17. The van der Waals surface area contributed by atoms with Gasteiger partial charge < -0.3 is 5.32 Å². The Bertz CT molecular complexity index is 307. The molecule has 0 bridgehead atoms. The molecule has 15 heavy (non-hydrogen) atoms. The van der Waals surface area contributed by atoms with Gasteiger partial charge >= 0.3 is 0 Å². The number of likely N-dealkylation sites (N-methyl/N-ethyl adjacent to an activating group) is 1. The standard InChI is InChI=1S/C12H23N3/c1-6-13-8-7-10-9-15(5)14-11(10)12(2,3)4/h9,13H,6-8H2,1-5H3. The van der Waals surface area contributed by atoms with Gasteiger partial charge in [-0.2, -0.15) is 5.10 Å². The Morgan fingerprint density at radius 3 is 2.60 bits per heavy atom. The maximum Gasteiger partial charge on any atom is 0.0710 e. The normalized spacial score (nSPS) is 12.1. The van der Waals surface area contributed by atoms with Gasteiger partial charge in [0.2, 0.25) is 0 Å². The molecule has 0 aliphatic heterocycles. The summed E-state index contributed by atoms with van der Waals surface area (Å²) in [5, 5.41) is 7.90. The van der Waals surface area contributed by atoms with Crippen molar-refractivity contribution in [1.29, 1.82) is 0 Å². The van der Waals surface area contributed by atoms with Crippen LogP contribution >= 0.6 is 0 Å². The maximum atomic E-state index is 4.55. The smallest absolute Gasteiger partial charge is 0.0710 e. The predicted octanol–water partition coefficient (Wildman–Crippen LogP) is 1.87. The van der Waals surface area contributed by atoms with Crippen LogP contribution in [0.25, 0.3) is 0 Å². The molecule has 1 aromatic heterocycles. The molecule has 0 saturated carbocycles. The van der Waals surface area contributed by atoms with Gasteiger partial charge in [0.1, 0.15) is 0 Å². The summed E-state index contributed by atoms with van der Waals surface area (Å²) in [6.45, 7) is 10.8. The van der Waals surface area contributed by atoms with Crippen LogP contribution in [0.2, 0.25) is 0 Å². The van der Waals surface area contributed by atoms with E-state index >= 15 is 0 Å². The molecule has 0 spiro atoms. The number of nitrogens with zero attached hydrogens (tertiary/aromatic N) is 2. The fraction of sp³-hybridized carbons (Fsp3) is 0.750. The minimum Gasteiger partial charge on any atom is -0.317 e. The molecule has 0 amide bonds. The number of aromatic nitrogens is 2. The van der Waals surface area contributed by atoms with Crippen molar-refractivity contribution in [3.63, 3.8) is 0 Å². The van der Waals surface area contributed by atoms with Crippen LogP contribution in [0, 0.1) is 0 Å². The summed E-state index contributed by atoms with van der Waals surface area (Å²) >= 11 is 0. The molecular formula is C12H23N3. The van der Waals surface area contributed by atoms with Crippen LogP contribution in [0.15, 0.2) is 6.20 Å². The zero-order valence-electron chi connectivity index (χ0n) is 10.6. The Morgan fingerprint density at radius 1 is 1.40 bits per heavy atom. The van der Waals surface area contributed by atoms with Crippen LogP contribution in [0.3, 0.4) is 0 Å². The van der Waals surface area contributed by atoms with E-state index in [1.807, 2.05) is 11.7 Å². The van der Waals surface area contributed by atoms with Gasteiger partial charge in [-0.05, 0) is 25.1 Å². The van der Waals surface area contributed by atoms with Crippen LogP contribution in [-0.4, -0.2) is 22.9 Å². The summed E-state index contributed by atoms with van der Waals surface area (Å²) in [6, 6.07) is 0. The van der Waals surface area contributed by atoms with Crippen molar-refractivity contribution >= 4 is 0 Å². The van der Waals surface area contributed by atoms with Crippen LogP contribution < -0.4 is 5.32 Å². The minimum absolute atomic E-state index is 0.142. The molecule has 0 radical (unpaired) electrons. The Morgan fingerprint density at radius 2 is 2.07 bits per heavy atom. The summed E-state index contributed by atoms with van der Waals surface area (Å²) in [4.78, 5) is 0. The monoisotopic (exact) mass is 209 g/mol. The molecule has 0 aromatic carbocycles. The molecule has 3 heteroatoms. The summed E-state index contributed by atoms with van der Waals surface area (Å²) in [6.07, 6.45) is 3.20. The third-order valence-electron chi connectivity index (χ3n) is 2.44. The van der Waals surface area contributed by atoms with Crippen LogP contribution in [0.1, 0.15) is 39.0 Å². The molecule has 1 rings (SSSR count). The van der Waals surface area contributed by atoms with Crippen molar-refractivity contribution in [3.05, 3.63) is 17.5 Å². The van der Waals surface area contributed by atoms with Crippen LogP contribution in [0.5, 0.6) is 0 Å². The first-order valence-corrected chi connectivity index (χ1v) is 5.69. The lowest BCUT2D eigenvalue weighted by atomic mass is 9.89. The van der Waals surface area contributed by atoms with Gasteiger partial charge in [-0.25, -0.2) is 0 Å². The molecule has 0 aliphatic rings. The average molecular weight is 209 g/mol. The summed E-state index contributed by atoms with van der Waals surface area (Å²) < 4.78 is 1.92. The minimum atomic E-state index is 0.142. The largest absolute Gasteiger partial charge is 0.317 e. The Kier molecular flexibility index (Phi) is 3.91. The topological polar surface area (TPSA) is 29.9 Å². The van der Waals surface area contributed by atoms with E-state index in [0.717, 1.165) is 19.5 Å². The Labute approximate surface area is 92.9 Å². The lowest BCUT2D eigenvalue weighted by molar-refractivity contribution is 0.546. The second-order valence-corrected chi connectivity index (χ2v) is 5.03. The molecular weight excluding hydrogens is 186 g/mol.